The van der Waals surface area contributed by atoms with Gasteiger partial charge in [0.05, 0.1) is 30.1 Å². The Morgan fingerprint density at radius 2 is 1.75 bits per heavy atom. The molecule has 0 unspecified atom stereocenters. The van der Waals surface area contributed by atoms with Crippen LogP contribution in [-0.4, -0.2) is 44.7 Å². The summed E-state index contributed by atoms with van der Waals surface area (Å²) >= 11 is 0.984. The third-order valence-electron chi connectivity index (χ3n) is 4.40. The predicted molar refractivity (Wildman–Crippen MR) is 122 cm³/mol. The van der Waals surface area contributed by atoms with Crippen molar-refractivity contribution in [2.24, 2.45) is 0 Å². The van der Waals surface area contributed by atoms with Crippen molar-refractivity contribution in [3.63, 3.8) is 0 Å². The van der Waals surface area contributed by atoms with Crippen LogP contribution >= 0.6 is 11.3 Å². The summed E-state index contributed by atoms with van der Waals surface area (Å²) in [7, 11) is -2.16. The topological polar surface area (TPSA) is 112 Å². The van der Waals surface area contributed by atoms with E-state index in [0.29, 0.717) is 17.0 Å². The number of aromatic nitrogens is 1. The lowest BCUT2D eigenvalue weighted by Gasteiger charge is -2.06. The summed E-state index contributed by atoms with van der Waals surface area (Å²) in [4.78, 5) is 29.5. The standard InChI is InChI=1S/C22H22N2O6S2/c1-3-30-21(26)20-19(15-7-5-4-6-8-15)24-22(31-20)23-18(25)13-14-32(27,28)17-11-9-16(29-2)10-12-17/h4-12H,3,13-14H2,1-2H3,(H,23,24,25). The molecule has 0 saturated heterocycles. The number of hydrogen-bond donors (Lipinski definition) is 1. The van der Waals surface area contributed by atoms with Crippen LogP contribution in [0.25, 0.3) is 11.3 Å². The van der Waals surface area contributed by atoms with Crippen LogP contribution in [0, 0.1) is 0 Å². The number of carbonyl (C=O) groups excluding carboxylic acids is 2. The zero-order valence-electron chi connectivity index (χ0n) is 17.5. The van der Waals surface area contributed by atoms with Crippen LogP contribution in [0.2, 0.25) is 0 Å². The molecule has 3 rings (SSSR count). The molecule has 32 heavy (non-hydrogen) atoms. The quantitative estimate of drug-likeness (QED) is 0.470. The molecule has 0 saturated carbocycles. The molecule has 1 N–H and O–H groups in total. The Hall–Kier alpha value is -3.24. The highest BCUT2D eigenvalue weighted by atomic mass is 32.2. The van der Waals surface area contributed by atoms with Gasteiger partial charge in [-0.2, -0.15) is 0 Å². The van der Waals surface area contributed by atoms with Crippen LogP contribution in [0.5, 0.6) is 5.75 Å². The van der Waals surface area contributed by atoms with Crippen molar-refractivity contribution in [1.82, 2.24) is 4.98 Å². The number of esters is 1. The molecule has 1 amide bonds. The monoisotopic (exact) mass is 474 g/mol. The maximum absolute atomic E-state index is 12.5. The van der Waals surface area contributed by atoms with Crippen LogP contribution in [0.3, 0.4) is 0 Å². The number of hydrogen-bond acceptors (Lipinski definition) is 8. The van der Waals surface area contributed by atoms with Gasteiger partial charge in [0.2, 0.25) is 5.91 Å². The second kappa shape index (κ2) is 10.4. The molecular weight excluding hydrogens is 452 g/mol. The molecule has 0 atom stereocenters. The number of rotatable bonds is 9. The number of amides is 1. The average Bonchev–Trinajstić information content (AvgIpc) is 3.22. The SMILES string of the molecule is CCOC(=O)c1sc(NC(=O)CCS(=O)(=O)c2ccc(OC)cc2)nc1-c1ccccc1. The van der Waals surface area contributed by atoms with Crippen molar-refractivity contribution < 1.29 is 27.5 Å². The summed E-state index contributed by atoms with van der Waals surface area (Å²) in [6.07, 6.45) is -0.261. The first kappa shape index (κ1) is 23.4. The third-order valence-corrected chi connectivity index (χ3v) is 7.08. The van der Waals surface area contributed by atoms with Gasteiger partial charge in [0.25, 0.3) is 0 Å². The lowest BCUT2D eigenvalue weighted by atomic mass is 10.1. The molecule has 8 nitrogen and oxygen atoms in total. The maximum atomic E-state index is 12.5. The van der Waals surface area contributed by atoms with E-state index in [1.54, 1.807) is 31.2 Å². The molecule has 168 valence electrons. The molecule has 0 bridgehead atoms. The van der Waals surface area contributed by atoms with E-state index in [1.165, 1.54) is 19.2 Å². The number of nitrogens with zero attached hydrogens (tertiary/aromatic N) is 1. The van der Waals surface area contributed by atoms with E-state index in [1.807, 2.05) is 18.2 Å². The molecule has 0 radical (unpaired) electrons. The Kier molecular flexibility index (Phi) is 7.60. The third kappa shape index (κ3) is 5.71. The molecule has 10 heteroatoms. The second-order valence-corrected chi connectivity index (χ2v) is 9.68. The Morgan fingerprint density at radius 3 is 2.38 bits per heavy atom. The highest BCUT2D eigenvalue weighted by molar-refractivity contribution is 7.91. The van der Waals surface area contributed by atoms with Gasteiger partial charge in [0, 0.05) is 12.0 Å². The van der Waals surface area contributed by atoms with Gasteiger partial charge in [0.15, 0.2) is 15.0 Å². The van der Waals surface area contributed by atoms with Crippen LogP contribution in [0.4, 0.5) is 5.13 Å². The number of nitrogens with one attached hydrogen (secondary N) is 1. The summed E-state index contributed by atoms with van der Waals surface area (Å²) in [6.45, 7) is 1.91. The van der Waals surface area contributed by atoms with E-state index < -0.39 is 21.7 Å². The fraction of sp³-hybridized carbons (Fsp3) is 0.227. The molecule has 0 aliphatic heterocycles. The summed E-state index contributed by atoms with van der Waals surface area (Å²) < 4.78 is 35.1. The summed E-state index contributed by atoms with van der Waals surface area (Å²) in [5.74, 6) is -0.887. The largest absolute Gasteiger partial charge is 0.497 e. The normalized spacial score (nSPS) is 11.1. The number of benzene rings is 2. The number of thiazole rings is 1. The van der Waals surface area contributed by atoms with Crippen molar-refractivity contribution >= 4 is 38.2 Å². The van der Waals surface area contributed by atoms with Crippen molar-refractivity contribution in [3.8, 4) is 17.0 Å². The molecule has 3 aromatic rings. The van der Waals surface area contributed by atoms with Gasteiger partial charge < -0.3 is 14.8 Å². The minimum atomic E-state index is -3.65. The average molecular weight is 475 g/mol. The van der Waals surface area contributed by atoms with Gasteiger partial charge >= 0.3 is 5.97 Å². The van der Waals surface area contributed by atoms with Crippen molar-refractivity contribution in [2.45, 2.75) is 18.2 Å². The van der Waals surface area contributed by atoms with Crippen molar-refractivity contribution in [3.05, 3.63) is 59.5 Å². The number of sulfone groups is 1. The summed E-state index contributed by atoms with van der Waals surface area (Å²) in [5, 5.41) is 2.78. The second-order valence-electron chi connectivity index (χ2n) is 6.58. The van der Waals surface area contributed by atoms with E-state index in [4.69, 9.17) is 9.47 Å². The highest BCUT2D eigenvalue weighted by Crippen LogP contribution is 2.32. The minimum Gasteiger partial charge on any atom is -0.497 e. The zero-order valence-corrected chi connectivity index (χ0v) is 19.2. The van der Waals surface area contributed by atoms with Crippen LogP contribution in [0.15, 0.2) is 59.5 Å². The number of anilines is 1. The molecular formula is C22H22N2O6S2. The minimum absolute atomic E-state index is 0.108. The number of ether oxygens (including phenoxy) is 2. The molecule has 0 spiro atoms. The van der Waals surface area contributed by atoms with Crippen LogP contribution in [-0.2, 0) is 19.4 Å². The molecule has 0 fully saturated rings. The zero-order chi connectivity index (χ0) is 23.1. The smallest absolute Gasteiger partial charge is 0.350 e. The lowest BCUT2D eigenvalue weighted by molar-refractivity contribution is -0.115. The Labute approximate surface area is 190 Å². The lowest BCUT2D eigenvalue weighted by Crippen LogP contribution is -2.17. The van der Waals surface area contributed by atoms with Gasteiger partial charge in [0.1, 0.15) is 10.6 Å². The molecule has 1 heterocycles. The Morgan fingerprint density at radius 1 is 1.06 bits per heavy atom. The number of methoxy groups -OCH3 is 1. The molecule has 1 aromatic heterocycles. The number of carbonyl (C=O) groups is 2. The van der Waals surface area contributed by atoms with Gasteiger partial charge in [-0.05, 0) is 31.2 Å². The fourth-order valence-corrected chi connectivity index (χ4v) is 4.95. The Balaban J connectivity index is 1.72. The Bertz CT molecular complexity index is 1190. The first-order chi connectivity index (χ1) is 15.3. The summed E-state index contributed by atoms with van der Waals surface area (Å²) in [6, 6.07) is 15.0. The van der Waals surface area contributed by atoms with E-state index in [2.05, 4.69) is 10.3 Å². The van der Waals surface area contributed by atoms with Crippen LogP contribution < -0.4 is 10.1 Å². The van der Waals surface area contributed by atoms with Gasteiger partial charge in [-0.25, -0.2) is 18.2 Å². The van der Waals surface area contributed by atoms with Gasteiger partial charge in [-0.3, -0.25) is 4.79 Å². The first-order valence-electron chi connectivity index (χ1n) is 9.74. The van der Waals surface area contributed by atoms with E-state index in [-0.39, 0.29) is 33.7 Å². The molecule has 0 aliphatic carbocycles. The van der Waals surface area contributed by atoms with Crippen molar-refractivity contribution in [1.29, 1.82) is 0 Å². The first-order valence-corrected chi connectivity index (χ1v) is 12.2. The van der Waals surface area contributed by atoms with E-state index >= 15 is 0 Å². The van der Waals surface area contributed by atoms with Gasteiger partial charge in [-0.1, -0.05) is 41.7 Å². The van der Waals surface area contributed by atoms with E-state index in [9.17, 15) is 18.0 Å². The van der Waals surface area contributed by atoms with Crippen LogP contribution in [0.1, 0.15) is 23.0 Å². The molecule has 0 aliphatic rings. The molecule has 2 aromatic carbocycles. The fourth-order valence-electron chi connectivity index (χ4n) is 2.81. The highest BCUT2D eigenvalue weighted by Gasteiger charge is 2.22. The summed E-state index contributed by atoms with van der Waals surface area (Å²) in [5.41, 5.74) is 1.10. The van der Waals surface area contributed by atoms with Gasteiger partial charge in [-0.15, -0.1) is 0 Å². The van der Waals surface area contributed by atoms with Crippen molar-refractivity contribution in [2.75, 3.05) is 24.8 Å². The maximum Gasteiger partial charge on any atom is 0.350 e. The van der Waals surface area contributed by atoms with E-state index in [0.717, 1.165) is 11.3 Å². The predicted octanol–water partition coefficient (Wildman–Crippen LogP) is 3.80.